The van der Waals surface area contributed by atoms with Crippen LogP contribution in [0, 0.1) is 5.41 Å². The number of thiazole rings is 1. The zero-order valence-corrected chi connectivity index (χ0v) is 17.0. The van der Waals surface area contributed by atoms with Crippen LogP contribution in [0.1, 0.15) is 47.0 Å². The highest BCUT2D eigenvalue weighted by Crippen LogP contribution is 2.62. The second-order valence-corrected chi connectivity index (χ2v) is 9.43. The van der Waals surface area contributed by atoms with Crippen LogP contribution in [0.2, 0.25) is 5.02 Å². The molecule has 3 aromatic rings. The molecule has 144 valence electrons. The fourth-order valence-electron chi connectivity index (χ4n) is 4.61. The molecular weight excluding hydrogens is 394 g/mol. The van der Waals surface area contributed by atoms with Gasteiger partial charge in [0.05, 0.1) is 22.3 Å². The number of hydrogen-bond acceptors (Lipinski definition) is 5. The monoisotopic (exact) mass is 413 g/mol. The normalized spacial score (nSPS) is 25.9. The van der Waals surface area contributed by atoms with Gasteiger partial charge in [0.2, 0.25) is 5.88 Å². The molecule has 0 aliphatic heterocycles. The van der Waals surface area contributed by atoms with Gasteiger partial charge in [0.15, 0.2) is 0 Å². The first kappa shape index (κ1) is 17.9. The number of aromatic nitrogens is 2. The van der Waals surface area contributed by atoms with Gasteiger partial charge < -0.3 is 10.1 Å². The van der Waals surface area contributed by atoms with E-state index < -0.39 is 0 Å². The van der Waals surface area contributed by atoms with Crippen LogP contribution in [0.15, 0.2) is 36.5 Å². The Kier molecular flexibility index (Phi) is 4.29. The molecule has 2 fully saturated rings. The van der Waals surface area contributed by atoms with Crippen molar-refractivity contribution in [2.45, 2.75) is 37.6 Å². The fraction of sp³-hybridized carbons (Fsp3) is 0.381. The third-order valence-corrected chi connectivity index (χ3v) is 7.41. The highest BCUT2D eigenvalue weighted by molar-refractivity contribution is 7.18. The molecule has 7 heteroatoms. The number of rotatable bonds is 4. The highest BCUT2D eigenvalue weighted by Gasteiger charge is 2.54. The van der Waals surface area contributed by atoms with E-state index in [0.29, 0.717) is 22.8 Å². The summed E-state index contributed by atoms with van der Waals surface area (Å²) in [4.78, 5) is 21.3. The molecule has 0 atom stereocenters. The summed E-state index contributed by atoms with van der Waals surface area (Å²) in [5.41, 5.74) is 1.97. The number of methoxy groups -OCH3 is 1. The maximum absolute atomic E-state index is 12.4. The van der Waals surface area contributed by atoms with Gasteiger partial charge in [0.25, 0.3) is 5.91 Å². The standard InChI is InChI=1S/C21H20ClN3O2S/c1-27-18-6-12(4-5-23-18)19(26)24-15-10-21(11-15)8-13(9-21)20-25-16-7-14(22)2-3-17(16)28-20/h2-7,13,15H,8-11H2,1H3,(H,24,26). The van der Waals surface area contributed by atoms with Crippen molar-refractivity contribution in [1.29, 1.82) is 0 Å². The Hall–Kier alpha value is -2.18. The number of benzene rings is 1. The maximum Gasteiger partial charge on any atom is 0.251 e. The van der Waals surface area contributed by atoms with Crippen LogP contribution in [-0.4, -0.2) is 29.0 Å². The van der Waals surface area contributed by atoms with Crippen LogP contribution in [0.5, 0.6) is 5.88 Å². The van der Waals surface area contributed by atoms with Crippen LogP contribution in [0.25, 0.3) is 10.2 Å². The van der Waals surface area contributed by atoms with Gasteiger partial charge in [-0.15, -0.1) is 11.3 Å². The van der Waals surface area contributed by atoms with Gasteiger partial charge in [-0.05, 0) is 55.4 Å². The van der Waals surface area contributed by atoms with Gasteiger partial charge in [-0.1, -0.05) is 11.6 Å². The topological polar surface area (TPSA) is 64.1 Å². The largest absolute Gasteiger partial charge is 0.481 e. The Morgan fingerprint density at radius 2 is 2.07 bits per heavy atom. The lowest BCUT2D eigenvalue weighted by atomic mass is 9.50. The maximum atomic E-state index is 12.4. The van der Waals surface area contributed by atoms with Crippen LogP contribution >= 0.6 is 22.9 Å². The highest BCUT2D eigenvalue weighted by atomic mass is 35.5. The average Bonchev–Trinajstić information content (AvgIpc) is 3.04. The molecule has 2 aromatic heterocycles. The van der Waals surface area contributed by atoms with Gasteiger partial charge in [0.1, 0.15) is 0 Å². The number of amides is 1. The number of hydrogen-bond donors (Lipinski definition) is 1. The summed E-state index contributed by atoms with van der Waals surface area (Å²) in [6, 6.07) is 9.55. The van der Waals surface area contributed by atoms with Crippen molar-refractivity contribution < 1.29 is 9.53 Å². The van der Waals surface area contributed by atoms with Gasteiger partial charge in [0, 0.05) is 34.8 Å². The van der Waals surface area contributed by atoms with Crippen molar-refractivity contribution in [2.24, 2.45) is 5.41 Å². The molecule has 0 bridgehead atoms. The zero-order chi connectivity index (χ0) is 19.3. The summed E-state index contributed by atoms with van der Waals surface area (Å²) in [6.07, 6.45) is 6.02. The van der Waals surface area contributed by atoms with E-state index in [2.05, 4.69) is 16.4 Å². The Bertz CT molecular complexity index is 1050. The number of carbonyl (C=O) groups is 1. The number of halogens is 1. The first-order chi connectivity index (χ1) is 13.5. The van der Waals surface area contributed by atoms with Gasteiger partial charge in [-0.3, -0.25) is 4.79 Å². The van der Waals surface area contributed by atoms with Crippen LogP contribution in [-0.2, 0) is 0 Å². The van der Waals surface area contributed by atoms with Crippen molar-refractivity contribution in [3.8, 4) is 5.88 Å². The summed E-state index contributed by atoms with van der Waals surface area (Å²) in [5, 5.41) is 5.10. The van der Waals surface area contributed by atoms with E-state index in [4.69, 9.17) is 21.3 Å². The molecule has 5 rings (SSSR count). The minimum Gasteiger partial charge on any atom is -0.481 e. The molecule has 1 aromatic carbocycles. The number of ether oxygens (including phenoxy) is 1. The van der Waals surface area contributed by atoms with E-state index in [1.807, 2.05) is 12.1 Å². The third-order valence-electron chi connectivity index (χ3n) is 5.97. The van der Waals surface area contributed by atoms with Crippen molar-refractivity contribution in [2.75, 3.05) is 7.11 Å². The molecule has 2 heterocycles. The lowest BCUT2D eigenvalue weighted by molar-refractivity contribution is -0.0187. The quantitative estimate of drug-likeness (QED) is 0.666. The summed E-state index contributed by atoms with van der Waals surface area (Å²) in [6.45, 7) is 0. The molecule has 28 heavy (non-hydrogen) atoms. The number of carbonyl (C=O) groups excluding carboxylic acids is 1. The lowest BCUT2D eigenvalue weighted by Gasteiger charge is -2.57. The summed E-state index contributed by atoms with van der Waals surface area (Å²) in [7, 11) is 1.55. The zero-order valence-electron chi connectivity index (χ0n) is 15.4. The van der Waals surface area contributed by atoms with Crippen LogP contribution in [0.3, 0.4) is 0 Å². The lowest BCUT2D eigenvalue weighted by Crippen LogP contribution is -2.55. The Balaban J connectivity index is 1.17. The SMILES string of the molecule is COc1cc(C(=O)NC2CC3(C2)CC(c2nc4cc(Cl)ccc4s2)C3)ccn1. The molecule has 2 saturated carbocycles. The predicted octanol–water partition coefficient (Wildman–Crippen LogP) is 4.81. The Labute approximate surface area is 172 Å². The fourth-order valence-corrected chi connectivity index (χ4v) is 5.82. The van der Waals surface area contributed by atoms with E-state index in [9.17, 15) is 4.79 Å². The minimum atomic E-state index is -0.0560. The molecular formula is C21H20ClN3O2S. The summed E-state index contributed by atoms with van der Waals surface area (Å²) < 4.78 is 6.29. The Morgan fingerprint density at radius 1 is 1.25 bits per heavy atom. The first-order valence-corrected chi connectivity index (χ1v) is 10.6. The molecule has 5 nitrogen and oxygen atoms in total. The number of fused-ring (bicyclic) bond motifs is 1. The van der Waals surface area contributed by atoms with Crippen molar-refractivity contribution in [3.63, 3.8) is 0 Å². The Morgan fingerprint density at radius 3 is 2.86 bits per heavy atom. The molecule has 0 radical (unpaired) electrons. The molecule has 1 spiro atoms. The van der Waals surface area contributed by atoms with E-state index >= 15 is 0 Å². The smallest absolute Gasteiger partial charge is 0.251 e. The van der Waals surface area contributed by atoms with Crippen molar-refractivity contribution in [3.05, 3.63) is 52.1 Å². The van der Waals surface area contributed by atoms with Gasteiger partial charge in [-0.25, -0.2) is 9.97 Å². The molecule has 1 N–H and O–H groups in total. The molecule has 2 aliphatic rings. The summed E-state index contributed by atoms with van der Waals surface area (Å²) in [5.74, 6) is 0.938. The van der Waals surface area contributed by atoms with Gasteiger partial charge in [-0.2, -0.15) is 0 Å². The number of nitrogens with zero attached hydrogens (tertiary/aromatic N) is 2. The van der Waals surface area contributed by atoms with Crippen LogP contribution in [0.4, 0.5) is 0 Å². The summed E-state index contributed by atoms with van der Waals surface area (Å²) >= 11 is 7.85. The van der Waals surface area contributed by atoms with E-state index in [0.717, 1.165) is 36.2 Å². The second kappa shape index (κ2) is 6.71. The van der Waals surface area contributed by atoms with E-state index in [1.54, 1.807) is 36.8 Å². The minimum absolute atomic E-state index is 0.0560. The van der Waals surface area contributed by atoms with E-state index in [1.165, 1.54) is 9.71 Å². The van der Waals surface area contributed by atoms with Gasteiger partial charge >= 0.3 is 0 Å². The second-order valence-electron chi connectivity index (χ2n) is 7.93. The van der Waals surface area contributed by atoms with Crippen molar-refractivity contribution >= 4 is 39.1 Å². The molecule has 0 saturated heterocycles. The average molecular weight is 414 g/mol. The number of nitrogens with one attached hydrogen (secondary N) is 1. The first-order valence-electron chi connectivity index (χ1n) is 9.40. The van der Waals surface area contributed by atoms with Crippen molar-refractivity contribution in [1.82, 2.24) is 15.3 Å². The van der Waals surface area contributed by atoms with Crippen LogP contribution < -0.4 is 10.1 Å². The predicted molar refractivity (Wildman–Crippen MR) is 110 cm³/mol. The molecule has 0 unspecified atom stereocenters. The molecule has 1 amide bonds. The number of pyridine rings is 1. The third kappa shape index (κ3) is 3.14. The van der Waals surface area contributed by atoms with E-state index in [-0.39, 0.29) is 11.9 Å². The molecule has 2 aliphatic carbocycles.